The smallest absolute Gasteiger partial charge is 0.319 e. The molecular formula is C25H33N5O5S. The highest BCUT2D eigenvalue weighted by atomic mass is 32.2. The molecule has 1 aliphatic carbocycles. The van der Waals surface area contributed by atoms with Crippen molar-refractivity contribution in [3.05, 3.63) is 36.0 Å². The Morgan fingerprint density at radius 1 is 1.14 bits per heavy atom. The number of carbonyl (C=O) groups is 1. The molecule has 11 heteroatoms. The third-order valence-electron chi connectivity index (χ3n) is 7.16. The molecule has 1 aromatic heterocycles. The predicted molar refractivity (Wildman–Crippen MR) is 137 cm³/mol. The van der Waals surface area contributed by atoms with Crippen LogP contribution in [-0.2, 0) is 24.1 Å². The number of sulfone groups is 1. The molecule has 2 aliphatic heterocycles. The van der Waals surface area contributed by atoms with Crippen molar-refractivity contribution in [2.24, 2.45) is 0 Å². The standard InChI is InChI=1S/C25H33N5O5S/c1-3-26-24(31)27-19-6-4-18(5-7-19)23-28-21(14-22(29-23)30-11-13-35-15-17(30)2)25(9-10-25)36(32,33)20-8-12-34-16-20/h4-7,14,17,20H,3,8-13,15-16H2,1-2H3,(H2,26,27,31)/t17-,20?/m0/s1. The third-order valence-corrected chi connectivity index (χ3v) is 10.1. The Labute approximate surface area is 211 Å². The summed E-state index contributed by atoms with van der Waals surface area (Å²) < 4.78 is 37.4. The van der Waals surface area contributed by atoms with Gasteiger partial charge in [-0.2, -0.15) is 0 Å². The van der Waals surface area contributed by atoms with Crippen LogP contribution in [0.3, 0.4) is 0 Å². The Kier molecular flexibility index (Phi) is 6.88. The first kappa shape index (κ1) is 24.9. The normalized spacial score (nSPS) is 23.3. The summed E-state index contributed by atoms with van der Waals surface area (Å²) in [6, 6.07) is 8.94. The predicted octanol–water partition coefficient (Wildman–Crippen LogP) is 2.70. The molecular weight excluding hydrogens is 482 g/mol. The van der Waals surface area contributed by atoms with E-state index in [4.69, 9.17) is 19.4 Å². The van der Waals surface area contributed by atoms with Crippen molar-refractivity contribution in [3.8, 4) is 11.4 Å². The Balaban J connectivity index is 1.53. The van der Waals surface area contributed by atoms with E-state index < -0.39 is 19.8 Å². The van der Waals surface area contributed by atoms with E-state index in [9.17, 15) is 13.2 Å². The van der Waals surface area contributed by atoms with Crippen LogP contribution < -0.4 is 15.5 Å². The number of urea groups is 1. The fraction of sp³-hybridized carbons (Fsp3) is 0.560. The van der Waals surface area contributed by atoms with Crippen LogP contribution in [-0.4, -0.2) is 75.2 Å². The average molecular weight is 516 g/mol. The summed E-state index contributed by atoms with van der Waals surface area (Å²) in [5.41, 5.74) is 1.95. The van der Waals surface area contributed by atoms with E-state index in [-0.39, 0.29) is 18.7 Å². The van der Waals surface area contributed by atoms with Crippen LogP contribution in [0.4, 0.5) is 16.3 Å². The minimum absolute atomic E-state index is 0.105. The summed E-state index contributed by atoms with van der Waals surface area (Å²) in [7, 11) is -3.48. The Hall–Kier alpha value is -2.76. The van der Waals surface area contributed by atoms with Gasteiger partial charge in [-0.05, 0) is 57.4 Å². The first-order valence-corrected chi connectivity index (χ1v) is 14.1. The van der Waals surface area contributed by atoms with Crippen LogP contribution in [0.1, 0.15) is 38.8 Å². The molecule has 0 radical (unpaired) electrons. The topological polar surface area (TPSA) is 123 Å². The maximum atomic E-state index is 13.7. The lowest BCUT2D eigenvalue weighted by Gasteiger charge is -2.35. The molecule has 10 nitrogen and oxygen atoms in total. The van der Waals surface area contributed by atoms with Gasteiger partial charge in [-0.1, -0.05) is 0 Å². The number of morpholine rings is 1. The number of aromatic nitrogens is 2. The van der Waals surface area contributed by atoms with Gasteiger partial charge in [0, 0.05) is 37.0 Å². The highest BCUT2D eigenvalue weighted by Gasteiger charge is 2.60. The molecule has 2 N–H and O–H groups in total. The number of nitrogens with one attached hydrogen (secondary N) is 2. The molecule has 3 aliphatic rings. The number of amides is 2. The summed E-state index contributed by atoms with van der Waals surface area (Å²) in [4.78, 5) is 23.7. The van der Waals surface area contributed by atoms with Crippen LogP contribution >= 0.6 is 0 Å². The lowest BCUT2D eigenvalue weighted by molar-refractivity contribution is 0.0985. The zero-order chi connectivity index (χ0) is 25.3. The van der Waals surface area contributed by atoms with E-state index in [0.717, 1.165) is 5.56 Å². The minimum Gasteiger partial charge on any atom is -0.380 e. The summed E-state index contributed by atoms with van der Waals surface area (Å²) in [6.07, 6.45) is 1.63. The number of benzene rings is 1. The van der Waals surface area contributed by atoms with Crippen molar-refractivity contribution in [1.82, 2.24) is 15.3 Å². The maximum Gasteiger partial charge on any atom is 0.319 e. The van der Waals surface area contributed by atoms with Crippen LogP contribution in [0.25, 0.3) is 11.4 Å². The molecule has 3 fully saturated rings. The maximum absolute atomic E-state index is 13.7. The summed E-state index contributed by atoms with van der Waals surface area (Å²) in [5.74, 6) is 1.18. The van der Waals surface area contributed by atoms with Crippen LogP contribution in [0.2, 0.25) is 0 Å². The lowest BCUT2D eigenvalue weighted by Crippen LogP contribution is -2.44. The number of anilines is 2. The largest absolute Gasteiger partial charge is 0.380 e. The second-order valence-corrected chi connectivity index (χ2v) is 12.2. The van der Waals surface area contributed by atoms with Crippen molar-refractivity contribution < 1.29 is 22.7 Å². The summed E-state index contributed by atoms with van der Waals surface area (Å²) in [6.45, 7) is 7.01. The highest BCUT2D eigenvalue weighted by molar-refractivity contribution is 7.93. The van der Waals surface area contributed by atoms with E-state index in [1.54, 1.807) is 12.1 Å². The van der Waals surface area contributed by atoms with Gasteiger partial charge < -0.3 is 25.0 Å². The SMILES string of the molecule is CCNC(=O)Nc1ccc(-c2nc(N3CCOC[C@@H]3C)cc(C3(S(=O)(=O)C4CCOC4)CC3)n2)cc1. The quantitative estimate of drug-likeness (QED) is 0.577. The molecule has 0 spiro atoms. The monoisotopic (exact) mass is 515 g/mol. The van der Waals surface area contributed by atoms with E-state index in [1.165, 1.54) is 0 Å². The highest BCUT2D eigenvalue weighted by Crippen LogP contribution is 2.55. The molecule has 2 aromatic rings. The molecule has 194 valence electrons. The van der Waals surface area contributed by atoms with Gasteiger partial charge in [-0.15, -0.1) is 0 Å². The van der Waals surface area contributed by atoms with Gasteiger partial charge in [-0.3, -0.25) is 0 Å². The van der Waals surface area contributed by atoms with Crippen molar-refractivity contribution in [1.29, 1.82) is 0 Å². The van der Waals surface area contributed by atoms with Crippen molar-refractivity contribution >= 4 is 27.4 Å². The van der Waals surface area contributed by atoms with Gasteiger partial charge in [0.05, 0.1) is 36.8 Å². The van der Waals surface area contributed by atoms with Gasteiger partial charge >= 0.3 is 6.03 Å². The van der Waals surface area contributed by atoms with Gasteiger partial charge in [0.2, 0.25) is 0 Å². The molecule has 2 atom stereocenters. The molecule has 0 bridgehead atoms. The molecule has 1 saturated carbocycles. The number of carbonyl (C=O) groups excluding carboxylic acids is 1. The average Bonchev–Trinajstić information content (AvgIpc) is 3.51. The van der Waals surface area contributed by atoms with Crippen LogP contribution in [0, 0.1) is 0 Å². The molecule has 1 unspecified atom stereocenters. The molecule has 5 rings (SSSR count). The van der Waals surface area contributed by atoms with Gasteiger partial charge in [0.15, 0.2) is 15.7 Å². The van der Waals surface area contributed by atoms with E-state index in [2.05, 4.69) is 22.5 Å². The number of ether oxygens (including phenoxy) is 2. The Bertz CT molecular complexity index is 1210. The van der Waals surface area contributed by atoms with E-state index in [0.29, 0.717) is 75.2 Å². The molecule has 36 heavy (non-hydrogen) atoms. The molecule has 2 saturated heterocycles. The van der Waals surface area contributed by atoms with Gasteiger partial charge in [-0.25, -0.2) is 23.2 Å². The Morgan fingerprint density at radius 2 is 1.89 bits per heavy atom. The van der Waals surface area contributed by atoms with Crippen LogP contribution in [0.5, 0.6) is 0 Å². The van der Waals surface area contributed by atoms with E-state index in [1.807, 2.05) is 25.1 Å². The van der Waals surface area contributed by atoms with Gasteiger partial charge in [0.25, 0.3) is 0 Å². The fourth-order valence-corrected chi connectivity index (χ4v) is 7.31. The molecule has 3 heterocycles. The number of rotatable bonds is 7. The lowest BCUT2D eigenvalue weighted by atomic mass is 10.1. The zero-order valence-corrected chi connectivity index (χ0v) is 21.5. The fourth-order valence-electron chi connectivity index (χ4n) is 4.93. The Morgan fingerprint density at radius 3 is 2.53 bits per heavy atom. The van der Waals surface area contributed by atoms with Gasteiger partial charge in [0.1, 0.15) is 10.6 Å². The molecule has 1 aromatic carbocycles. The minimum atomic E-state index is -3.48. The summed E-state index contributed by atoms with van der Waals surface area (Å²) >= 11 is 0. The van der Waals surface area contributed by atoms with Crippen LogP contribution in [0.15, 0.2) is 30.3 Å². The van der Waals surface area contributed by atoms with Crippen molar-refractivity contribution in [2.45, 2.75) is 49.1 Å². The molecule has 2 amide bonds. The zero-order valence-electron chi connectivity index (χ0n) is 20.7. The first-order chi connectivity index (χ1) is 17.3. The number of nitrogens with zero attached hydrogens (tertiary/aromatic N) is 3. The van der Waals surface area contributed by atoms with Crippen molar-refractivity contribution in [2.75, 3.05) is 49.7 Å². The first-order valence-electron chi connectivity index (χ1n) is 12.5. The number of hydrogen-bond donors (Lipinski definition) is 2. The van der Waals surface area contributed by atoms with Crippen molar-refractivity contribution in [3.63, 3.8) is 0 Å². The third kappa shape index (κ3) is 4.67. The second kappa shape index (κ2) is 9.95. The number of hydrogen-bond acceptors (Lipinski definition) is 8. The summed E-state index contributed by atoms with van der Waals surface area (Å²) in [5, 5.41) is 4.99. The second-order valence-electron chi connectivity index (χ2n) is 9.64. The van der Waals surface area contributed by atoms with E-state index >= 15 is 0 Å².